The van der Waals surface area contributed by atoms with Crippen molar-refractivity contribution in [3.63, 3.8) is 0 Å². The van der Waals surface area contributed by atoms with Crippen molar-refractivity contribution in [2.45, 2.75) is 12.8 Å². The molecular formula is C17H22N2O4. The van der Waals surface area contributed by atoms with Crippen molar-refractivity contribution >= 4 is 17.9 Å². The summed E-state index contributed by atoms with van der Waals surface area (Å²) in [5, 5.41) is 5.52. The summed E-state index contributed by atoms with van der Waals surface area (Å²) in [7, 11) is 3.14. The van der Waals surface area contributed by atoms with E-state index >= 15 is 0 Å². The van der Waals surface area contributed by atoms with Crippen molar-refractivity contribution in [3.05, 3.63) is 29.8 Å². The number of rotatable bonds is 8. The Morgan fingerprint density at radius 3 is 2.48 bits per heavy atom. The van der Waals surface area contributed by atoms with E-state index in [1.165, 1.54) is 6.08 Å². The third-order valence-corrected chi connectivity index (χ3v) is 3.51. The maximum atomic E-state index is 11.7. The maximum absolute atomic E-state index is 11.7. The van der Waals surface area contributed by atoms with Crippen LogP contribution in [0.25, 0.3) is 6.08 Å². The Bertz CT molecular complexity index is 594. The Hall–Kier alpha value is -2.50. The molecule has 6 heteroatoms. The van der Waals surface area contributed by atoms with Crippen LogP contribution in [0, 0.1) is 5.92 Å². The number of amides is 2. The van der Waals surface area contributed by atoms with E-state index in [1.807, 2.05) is 6.07 Å². The smallest absolute Gasteiger partial charge is 0.244 e. The molecule has 0 radical (unpaired) electrons. The monoisotopic (exact) mass is 318 g/mol. The van der Waals surface area contributed by atoms with Gasteiger partial charge in [0.1, 0.15) is 0 Å². The van der Waals surface area contributed by atoms with E-state index in [1.54, 1.807) is 32.4 Å². The zero-order valence-electron chi connectivity index (χ0n) is 13.4. The van der Waals surface area contributed by atoms with Crippen molar-refractivity contribution < 1.29 is 19.1 Å². The van der Waals surface area contributed by atoms with E-state index in [2.05, 4.69) is 10.6 Å². The summed E-state index contributed by atoms with van der Waals surface area (Å²) in [5.41, 5.74) is 0.833. The molecule has 0 heterocycles. The number of benzene rings is 1. The van der Waals surface area contributed by atoms with Crippen molar-refractivity contribution in [2.75, 3.05) is 27.3 Å². The Labute approximate surface area is 135 Å². The number of methoxy groups -OCH3 is 2. The zero-order chi connectivity index (χ0) is 16.7. The normalized spacial score (nSPS) is 13.7. The van der Waals surface area contributed by atoms with E-state index in [-0.39, 0.29) is 17.7 Å². The van der Waals surface area contributed by atoms with Gasteiger partial charge in [0.05, 0.1) is 14.2 Å². The molecule has 0 spiro atoms. The molecule has 0 saturated heterocycles. The molecular weight excluding hydrogens is 296 g/mol. The highest BCUT2D eigenvalue weighted by molar-refractivity contribution is 5.91. The lowest BCUT2D eigenvalue weighted by molar-refractivity contribution is -0.122. The Morgan fingerprint density at radius 1 is 1.13 bits per heavy atom. The minimum atomic E-state index is -0.208. The van der Waals surface area contributed by atoms with Gasteiger partial charge >= 0.3 is 0 Å². The fraction of sp³-hybridized carbons (Fsp3) is 0.412. The highest BCUT2D eigenvalue weighted by atomic mass is 16.5. The standard InChI is InChI=1S/C17H22N2O4/c1-22-14-7-3-12(11-15(14)23-2)4-8-16(20)18-9-10-19-17(21)13-5-6-13/h3-4,7-8,11,13H,5-6,9-10H2,1-2H3,(H,18,20)(H,19,21)/b8-4+. The van der Waals surface area contributed by atoms with Gasteiger partial charge < -0.3 is 20.1 Å². The Morgan fingerprint density at radius 2 is 1.83 bits per heavy atom. The molecule has 0 bridgehead atoms. The van der Waals surface area contributed by atoms with Crippen LogP contribution in [0.4, 0.5) is 0 Å². The number of hydrogen-bond acceptors (Lipinski definition) is 4. The number of hydrogen-bond donors (Lipinski definition) is 2. The van der Waals surface area contributed by atoms with E-state index < -0.39 is 0 Å². The number of ether oxygens (including phenoxy) is 2. The van der Waals surface area contributed by atoms with Gasteiger partial charge in [0.15, 0.2) is 11.5 Å². The number of carbonyl (C=O) groups excluding carboxylic acids is 2. The van der Waals surface area contributed by atoms with E-state index in [9.17, 15) is 9.59 Å². The van der Waals surface area contributed by atoms with Crippen LogP contribution in [0.5, 0.6) is 11.5 Å². The van der Waals surface area contributed by atoms with Crippen molar-refractivity contribution in [1.82, 2.24) is 10.6 Å². The molecule has 1 aromatic rings. The summed E-state index contributed by atoms with van der Waals surface area (Å²) in [6.45, 7) is 0.860. The van der Waals surface area contributed by atoms with Crippen LogP contribution in [-0.4, -0.2) is 39.1 Å². The minimum Gasteiger partial charge on any atom is -0.493 e. The Kier molecular flexibility index (Phi) is 6.02. The lowest BCUT2D eigenvalue weighted by atomic mass is 10.2. The van der Waals surface area contributed by atoms with Crippen molar-refractivity contribution in [3.8, 4) is 11.5 Å². The van der Waals surface area contributed by atoms with Crippen molar-refractivity contribution in [2.24, 2.45) is 5.92 Å². The second-order valence-corrected chi connectivity index (χ2v) is 5.30. The highest BCUT2D eigenvalue weighted by Crippen LogP contribution is 2.28. The first-order chi connectivity index (χ1) is 11.1. The first-order valence-corrected chi connectivity index (χ1v) is 7.59. The fourth-order valence-electron chi connectivity index (χ4n) is 2.05. The van der Waals surface area contributed by atoms with Gasteiger partial charge in [0, 0.05) is 25.1 Å². The second-order valence-electron chi connectivity index (χ2n) is 5.30. The average Bonchev–Trinajstić information content (AvgIpc) is 3.41. The first kappa shape index (κ1) is 16.9. The topological polar surface area (TPSA) is 76.7 Å². The van der Waals surface area contributed by atoms with Crippen LogP contribution in [0.15, 0.2) is 24.3 Å². The molecule has 2 rings (SSSR count). The predicted octanol–water partition coefficient (Wildman–Crippen LogP) is 1.36. The summed E-state index contributed by atoms with van der Waals surface area (Å²) >= 11 is 0. The molecule has 1 aliphatic carbocycles. The van der Waals surface area contributed by atoms with Crippen LogP contribution in [0.2, 0.25) is 0 Å². The molecule has 2 amide bonds. The number of nitrogens with one attached hydrogen (secondary N) is 2. The first-order valence-electron chi connectivity index (χ1n) is 7.59. The van der Waals surface area contributed by atoms with E-state index in [4.69, 9.17) is 9.47 Å². The molecule has 23 heavy (non-hydrogen) atoms. The average molecular weight is 318 g/mol. The van der Waals surface area contributed by atoms with E-state index in [0.29, 0.717) is 24.6 Å². The minimum absolute atomic E-state index is 0.0834. The van der Waals surface area contributed by atoms with Crippen molar-refractivity contribution in [1.29, 1.82) is 0 Å². The zero-order valence-corrected chi connectivity index (χ0v) is 13.4. The molecule has 1 aromatic carbocycles. The van der Waals surface area contributed by atoms with Gasteiger partial charge in [-0.2, -0.15) is 0 Å². The van der Waals surface area contributed by atoms with Crippen LogP contribution in [-0.2, 0) is 9.59 Å². The third kappa shape index (κ3) is 5.32. The molecule has 1 aliphatic rings. The lowest BCUT2D eigenvalue weighted by Gasteiger charge is -2.07. The van der Waals surface area contributed by atoms with Crippen LogP contribution >= 0.6 is 0 Å². The quantitative estimate of drug-likeness (QED) is 0.560. The third-order valence-electron chi connectivity index (χ3n) is 3.51. The molecule has 0 aromatic heterocycles. The highest BCUT2D eigenvalue weighted by Gasteiger charge is 2.28. The summed E-state index contributed by atoms with van der Waals surface area (Å²) in [6.07, 6.45) is 5.10. The van der Waals surface area contributed by atoms with Crippen LogP contribution in [0.3, 0.4) is 0 Å². The SMILES string of the molecule is COc1ccc(/C=C/C(=O)NCCNC(=O)C2CC2)cc1OC. The summed E-state index contributed by atoms with van der Waals surface area (Å²) in [4.78, 5) is 23.1. The molecule has 0 atom stereocenters. The molecule has 0 aliphatic heterocycles. The van der Waals surface area contributed by atoms with Gasteiger partial charge in [0.2, 0.25) is 11.8 Å². The van der Waals surface area contributed by atoms with Crippen LogP contribution in [0.1, 0.15) is 18.4 Å². The van der Waals surface area contributed by atoms with Gasteiger partial charge in [-0.15, -0.1) is 0 Å². The predicted molar refractivity (Wildman–Crippen MR) is 87.3 cm³/mol. The molecule has 2 N–H and O–H groups in total. The lowest BCUT2D eigenvalue weighted by Crippen LogP contribution is -2.34. The second kappa shape index (κ2) is 8.22. The van der Waals surface area contributed by atoms with Gasteiger partial charge in [0.25, 0.3) is 0 Å². The summed E-state index contributed by atoms with van der Waals surface area (Å²) in [6, 6.07) is 5.41. The molecule has 1 fully saturated rings. The van der Waals surface area contributed by atoms with Gasteiger partial charge in [-0.25, -0.2) is 0 Å². The number of carbonyl (C=O) groups is 2. The Balaban J connectivity index is 1.75. The van der Waals surface area contributed by atoms with Gasteiger partial charge in [-0.05, 0) is 36.6 Å². The molecule has 6 nitrogen and oxygen atoms in total. The van der Waals surface area contributed by atoms with Gasteiger partial charge in [-0.1, -0.05) is 6.07 Å². The molecule has 124 valence electrons. The summed E-state index contributed by atoms with van der Waals surface area (Å²) < 4.78 is 10.4. The molecule has 0 unspecified atom stereocenters. The summed E-state index contributed by atoms with van der Waals surface area (Å²) in [5.74, 6) is 1.31. The van der Waals surface area contributed by atoms with Gasteiger partial charge in [-0.3, -0.25) is 9.59 Å². The maximum Gasteiger partial charge on any atom is 0.244 e. The van der Waals surface area contributed by atoms with Crippen LogP contribution < -0.4 is 20.1 Å². The fourth-order valence-corrected chi connectivity index (χ4v) is 2.05. The largest absolute Gasteiger partial charge is 0.493 e. The van der Waals surface area contributed by atoms with E-state index in [0.717, 1.165) is 18.4 Å². The molecule has 1 saturated carbocycles.